The molecule has 8 nitrogen and oxygen atoms in total. The van der Waals surface area contributed by atoms with Crippen LogP contribution in [0.25, 0.3) is 0 Å². The summed E-state index contributed by atoms with van der Waals surface area (Å²) in [5.41, 5.74) is 1.41. The fourth-order valence-corrected chi connectivity index (χ4v) is 3.89. The second kappa shape index (κ2) is 11.9. The van der Waals surface area contributed by atoms with Crippen molar-refractivity contribution in [3.8, 4) is 11.5 Å². The van der Waals surface area contributed by atoms with Gasteiger partial charge in [-0.05, 0) is 50.1 Å². The molecule has 0 spiro atoms. The van der Waals surface area contributed by atoms with Gasteiger partial charge in [-0.3, -0.25) is 9.59 Å². The van der Waals surface area contributed by atoms with E-state index in [9.17, 15) is 18.0 Å². The molecule has 2 rings (SSSR count). The van der Waals surface area contributed by atoms with E-state index in [4.69, 9.17) is 9.47 Å². The first-order valence-electron chi connectivity index (χ1n) is 10.0. The third-order valence-electron chi connectivity index (χ3n) is 4.10. The minimum Gasteiger partial charge on any atom is -0.490 e. The maximum atomic E-state index is 12.1. The van der Waals surface area contributed by atoms with Crippen molar-refractivity contribution in [3.05, 3.63) is 54.1 Å². The van der Waals surface area contributed by atoms with E-state index in [1.807, 2.05) is 26.0 Å². The number of hydrogen-bond donors (Lipinski definition) is 2. The Labute approximate surface area is 182 Å². The molecule has 2 amide bonds. The first-order chi connectivity index (χ1) is 14.8. The highest BCUT2D eigenvalue weighted by Gasteiger charge is 2.20. The van der Waals surface area contributed by atoms with Gasteiger partial charge in [0.05, 0.1) is 13.2 Å². The van der Waals surface area contributed by atoms with Crippen molar-refractivity contribution in [3.63, 3.8) is 0 Å². The number of sulfone groups is 1. The molecule has 0 bridgehead atoms. The van der Waals surface area contributed by atoms with E-state index in [1.165, 1.54) is 0 Å². The van der Waals surface area contributed by atoms with Crippen LogP contribution in [0.2, 0.25) is 0 Å². The summed E-state index contributed by atoms with van der Waals surface area (Å²) in [6, 6.07) is 14.0. The standard InChI is InChI=1S/C22H28N2O6S/c1-3-29-19-11-10-17(14-20(19)30-4-2)12-13-23-21(25)15-31(27,28)16-22(26)24-18-8-6-5-7-9-18/h5-11,14H,3-4,12-13,15-16H2,1-2H3,(H,23,25)(H,24,26). The number of nitrogens with one attached hydrogen (secondary N) is 2. The number of benzene rings is 2. The highest BCUT2D eigenvalue weighted by atomic mass is 32.2. The average Bonchev–Trinajstić information content (AvgIpc) is 2.70. The Morgan fingerprint density at radius 3 is 2.19 bits per heavy atom. The Balaban J connectivity index is 1.81. The topological polar surface area (TPSA) is 111 Å². The van der Waals surface area contributed by atoms with Crippen molar-refractivity contribution in [2.75, 3.05) is 36.6 Å². The van der Waals surface area contributed by atoms with Gasteiger partial charge in [0.2, 0.25) is 11.8 Å². The summed E-state index contributed by atoms with van der Waals surface area (Å²) < 4.78 is 35.4. The first-order valence-corrected chi connectivity index (χ1v) is 11.9. The molecule has 0 aliphatic heterocycles. The number of hydrogen-bond acceptors (Lipinski definition) is 6. The van der Waals surface area contributed by atoms with E-state index in [1.54, 1.807) is 36.4 Å². The molecular weight excluding hydrogens is 420 g/mol. The van der Waals surface area contributed by atoms with Gasteiger partial charge in [-0.25, -0.2) is 8.42 Å². The van der Waals surface area contributed by atoms with Crippen LogP contribution in [-0.4, -0.2) is 51.5 Å². The van der Waals surface area contributed by atoms with Gasteiger partial charge in [0, 0.05) is 12.2 Å². The van der Waals surface area contributed by atoms with Gasteiger partial charge in [-0.15, -0.1) is 0 Å². The van der Waals surface area contributed by atoms with Crippen molar-refractivity contribution in [2.24, 2.45) is 0 Å². The van der Waals surface area contributed by atoms with Gasteiger partial charge < -0.3 is 20.1 Å². The summed E-state index contributed by atoms with van der Waals surface area (Å²) in [6.07, 6.45) is 0.493. The molecule has 2 aromatic carbocycles. The van der Waals surface area contributed by atoms with E-state index >= 15 is 0 Å². The monoisotopic (exact) mass is 448 g/mol. The largest absolute Gasteiger partial charge is 0.490 e. The summed E-state index contributed by atoms with van der Waals surface area (Å²) in [7, 11) is -3.88. The number of rotatable bonds is 12. The van der Waals surface area contributed by atoms with E-state index in [0.717, 1.165) is 5.56 Å². The van der Waals surface area contributed by atoms with E-state index < -0.39 is 33.2 Å². The summed E-state index contributed by atoms with van der Waals surface area (Å²) in [6.45, 7) is 5.04. The van der Waals surface area contributed by atoms with Crippen molar-refractivity contribution in [2.45, 2.75) is 20.3 Å². The van der Waals surface area contributed by atoms with Crippen LogP contribution in [0.15, 0.2) is 48.5 Å². The van der Waals surface area contributed by atoms with Crippen LogP contribution >= 0.6 is 0 Å². The maximum Gasteiger partial charge on any atom is 0.239 e. The average molecular weight is 449 g/mol. The highest BCUT2D eigenvalue weighted by Crippen LogP contribution is 2.28. The summed E-state index contributed by atoms with van der Waals surface area (Å²) in [5.74, 6) is -1.56. The first kappa shape index (κ1) is 24.2. The Morgan fingerprint density at radius 1 is 0.871 bits per heavy atom. The van der Waals surface area contributed by atoms with Gasteiger partial charge in [0.15, 0.2) is 21.3 Å². The molecule has 168 valence electrons. The molecule has 0 aromatic heterocycles. The molecular formula is C22H28N2O6S. The van der Waals surface area contributed by atoms with Gasteiger partial charge in [0.1, 0.15) is 11.5 Å². The van der Waals surface area contributed by atoms with E-state index in [-0.39, 0.29) is 6.54 Å². The molecule has 0 radical (unpaired) electrons. The Morgan fingerprint density at radius 2 is 1.52 bits per heavy atom. The predicted molar refractivity (Wildman–Crippen MR) is 119 cm³/mol. The summed E-state index contributed by atoms with van der Waals surface area (Å²) >= 11 is 0. The predicted octanol–water partition coefficient (Wildman–Crippen LogP) is 2.20. The zero-order chi connectivity index (χ0) is 22.7. The second-order valence-electron chi connectivity index (χ2n) is 6.69. The molecule has 0 saturated heterocycles. The van der Waals surface area contributed by atoms with Crippen LogP contribution in [0.1, 0.15) is 19.4 Å². The number of ether oxygens (including phenoxy) is 2. The quantitative estimate of drug-likeness (QED) is 0.515. The molecule has 2 aromatic rings. The van der Waals surface area contributed by atoms with Crippen molar-refractivity contribution in [1.29, 1.82) is 0 Å². The van der Waals surface area contributed by atoms with Gasteiger partial charge in [-0.1, -0.05) is 24.3 Å². The van der Waals surface area contributed by atoms with Gasteiger partial charge >= 0.3 is 0 Å². The molecule has 2 N–H and O–H groups in total. The van der Waals surface area contributed by atoms with Crippen LogP contribution in [0.5, 0.6) is 11.5 Å². The summed E-state index contributed by atoms with van der Waals surface area (Å²) in [4.78, 5) is 24.0. The third-order valence-corrected chi connectivity index (χ3v) is 5.51. The Kier molecular flexibility index (Phi) is 9.33. The molecule has 0 fully saturated rings. The van der Waals surface area contributed by atoms with E-state index in [0.29, 0.717) is 36.8 Å². The van der Waals surface area contributed by atoms with Gasteiger partial charge in [0.25, 0.3) is 0 Å². The molecule has 0 unspecified atom stereocenters. The number of para-hydroxylation sites is 1. The number of carbonyl (C=O) groups excluding carboxylic acids is 2. The fourth-order valence-electron chi connectivity index (χ4n) is 2.82. The van der Waals surface area contributed by atoms with Crippen LogP contribution in [0.3, 0.4) is 0 Å². The zero-order valence-corrected chi connectivity index (χ0v) is 18.5. The number of carbonyl (C=O) groups is 2. The molecule has 0 aliphatic rings. The normalized spacial score (nSPS) is 10.9. The number of amides is 2. The molecule has 0 heterocycles. The fraction of sp³-hybridized carbons (Fsp3) is 0.364. The third kappa shape index (κ3) is 8.67. The maximum absolute atomic E-state index is 12.1. The Bertz CT molecular complexity index is 977. The lowest BCUT2D eigenvalue weighted by Crippen LogP contribution is -2.35. The zero-order valence-electron chi connectivity index (χ0n) is 17.7. The minimum absolute atomic E-state index is 0.254. The summed E-state index contributed by atoms with van der Waals surface area (Å²) in [5, 5.41) is 5.07. The van der Waals surface area contributed by atoms with E-state index in [2.05, 4.69) is 10.6 Å². The molecule has 0 atom stereocenters. The van der Waals surface area contributed by atoms with Crippen LogP contribution < -0.4 is 20.1 Å². The van der Waals surface area contributed by atoms with Gasteiger partial charge in [-0.2, -0.15) is 0 Å². The smallest absolute Gasteiger partial charge is 0.239 e. The van der Waals surface area contributed by atoms with Crippen LogP contribution in [0, 0.1) is 0 Å². The van der Waals surface area contributed by atoms with Crippen molar-refractivity contribution < 1.29 is 27.5 Å². The van der Waals surface area contributed by atoms with Crippen LogP contribution in [-0.2, 0) is 25.8 Å². The molecule has 0 saturated carbocycles. The number of anilines is 1. The lowest BCUT2D eigenvalue weighted by molar-refractivity contribution is -0.118. The second-order valence-corrected chi connectivity index (χ2v) is 8.76. The SMILES string of the molecule is CCOc1ccc(CCNC(=O)CS(=O)(=O)CC(=O)Nc2ccccc2)cc1OCC. The van der Waals surface area contributed by atoms with Crippen LogP contribution in [0.4, 0.5) is 5.69 Å². The lowest BCUT2D eigenvalue weighted by Gasteiger charge is -2.12. The minimum atomic E-state index is -3.88. The molecule has 0 aliphatic carbocycles. The Hall–Kier alpha value is -3.07. The molecule has 9 heteroatoms. The lowest BCUT2D eigenvalue weighted by atomic mass is 10.1. The van der Waals surface area contributed by atoms with Crippen molar-refractivity contribution >= 4 is 27.3 Å². The van der Waals surface area contributed by atoms with Crippen molar-refractivity contribution in [1.82, 2.24) is 5.32 Å². The molecule has 31 heavy (non-hydrogen) atoms. The highest BCUT2D eigenvalue weighted by molar-refractivity contribution is 7.92.